The summed E-state index contributed by atoms with van der Waals surface area (Å²) in [5.41, 5.74) is -0.856. The van der Waals surface area contributed by atoms with Crippen molar-refractivity contribution in [2.24, 2.45) is 0 Å². The summed E-state index contributed by atoms with van der Waals surface area (Å²) in [6.45, 7) is 10.3. The van der Waals surface area contributed by atoms with Crippen LogP contribution in [0.15, 0.2) is 24.3 Å². The first kappa shape index (κ1) is 29.1. The lowest BCUT2D eigenvalue weighted by atomic mass is 10.1. The average molecular weight is 526 g/mol. The molecule has 2 N–H and O–H groups in total. The Morgan fingerprint density at radius 2 is 1.44 bits per heavy atom. The van der Waals surface area contributed by atoms with Gasteiger partial charge in [-0.3, -0.25) is 9.59 Å². The molecule has 0 bridgehead atoms. The third kappa shape index (κ3) is 9.84. The zero-order valence-electron chi connectivity index (χ0n) is 21.5. The van der Waals surface area contributed by atoms with Gasteiger partial charge in [0.2, 0.25) is 11.8 Å². The van der Waals surface area contributed by atoms with Crippen LogP contribution in [0, 0.1) is 0 Å². The summed E-state index contributed by atoms with van der Waals surface area (Å²) in [5, 5.41) is 5.04. The molecule has 3 amide bonds. The summed E-state index contributed by atoms with van der Waals surface area (Å²) in [6.07, 6.45) is -1.27. The number of esters is 1. The van der Waals surface area contributed by atoms with Crippen molar-refractivity contribution in [2.75, 3.05) is 29.9 Å². The summed E-state index contributed by atoms with van der Waals surface area (Å²) < 4.78 is 33.9. The van der Waals surface area contributed by atoms with E-state index in [1.165, 1.54) is 29.2 Å². The lowest BCUT2D eigenvalue weighted by molar-refractivity contribution is -0.133. The van der Waals surface area contributed by atoms with Gasteiger partial charge in [-0.05, 0) is 65.8 Å². The smallest absolute Gasteiger partial charge is 0.408 e. The number of carbonyl (C=O) groups is 4. The Bertz CT molecular complexity index is 1070. The van der Waals surface area contributed by atoms with Crippen molar-refractivity contribution >= 4 is 39.4 Å². The highest BCUT2D eigenvalue weighted by atomic mass is 32.2. The van der Waals surface area contributed by atoms with E-state index in [-0.39, 0.29) is 31.0 Å². The molecule has 1 saturated heterocycles. The Balaban J connectivity index is 2.11. The maximum Gasteiger partial charge on any atom is 0.408 e. The standard InChI is InChI=1S/C24H35N3O8S/c1-23(2,3)34-21(30)16-7-9-17(10-8-16)25-20(29)18(26-22(31)35-24(4,5)6)15-19(28)27-11-13-36(32,33)14-12-27/h7-10,18H,11-15H2,1-6H3,(H,25,29)(H,26,31)/t18-/m0/s1. The first-order valence-corrected chi connectivity index (χ1v) is 13.4. The largest absolute Gasteiger partial charge is 0.456 e. The molecule has 1 aliphatic rings. The maximum absolute atomic E-state index is 13.0. The molecular weight excluding hydrogens is 490 g/mol. The lowest BCUT2D eigenvalue weighted by Crippen LogP contribution is -2.50. The van der Waals surface area contributed by atoms with Gasteiger partial charge >= 0.3 is 12.1 Å². The number of nitrogens with zero attached hydrogens (tertiary/aromatic N) is 1. The zero-order valence-corrected chi connectivity index (χ0v) is 22.4. The molecule has 1 fully saturated rings. The third-order valence-electron chi connectivity index (χ3n) is 4.87. The topological polar surface area (TPSA) is 148 Å². The van der Waals surface area contributed by atoms with Crippen molar-refractivity contribution in [3.8, 4) is 0 Å². The molecular formula is C24H35N3O8S. The van der Waals surface area contributed by atoms with E-state index < -0.39 is 51.0 Å². The number of benzene rings is 1. The van der Waals surface area contributed by atoms with Crippen LogP contribution in [0.4, 0.5) is 10.5 Å². The Labute approximate surface area is 211 Å². The van der Waals surface area contributed by atoms with Crippen molar-refractivity contribution in [3.63, 3.8) is 0 Å². The van der Waals surface area contributed by atoms with E-state index in [1.807, 2.05) is 0 Å². The minimum atomic E-state index is -3.19. The molecule has 1 aromatic carbocycles. The normalized spacial score (nSPS) is 16.4. The van der Waals surface area contributed by atoms with Crippen LogP contribution in [0.2, 0.25) is 0 Å². The molecule has 1 aliphatic heterocycles. The summed E-state index contributed by atoms with van der Waals surface area (Å²) in [4.78, 5) is 51.7. The van der Waals surface area contributed by atoms with Crippen molar-refractivity contribution in [3.05, 3.63) is 29.8 Å². The molecule has 0 saturated carbocycles. The molecule has 0 aromatic heterocycles. The number of hydrogen-bond donors (Lipinski definition) is 2. The minimum Gasteiger partial charge on any atom is -0.456 e. The fraction of sp³-hybridized carbons (Fsp3) is 0.583. The third-order valence-corrected chi connectivity index (χ3v) is 6.48. The predicted molar refractivity (Wildman–Crippen MR) is 133 cm³/mol. The highest BCUT2D eigenvalue weighted by Crippen LogP contribution is 2.16. The van der Waals surface area contributed by atoms with E-state index >= 15 is 0 Å². The van der Waals surface area contributed by atoms with Gasteiger partial charge in [0.25, 0.3) is 0 Å². The van der Waals surface area contributed by atoms with E-state index in [0.29, 0.717) is 11.3 Å². The quantitative estimate of drug-likeness (QED) is 0.537. The van der Waals surface area contributed by atoms with Gasteiger partial charge in [-0.2, -0.15) is 0 Å². The van der Waals surface area contributed by atoms with Crippen LogP contribution < -0.4 is 10.6 Å². The van der Waals surface area contributed by atoms with Gasteiger partial charge in [-0.1, -0.05) is 0 Å². The number of hydrogen-bond acceptors (Lipinski definition) is 8. The minimum absolute atomic E-state index is 0.0219. The maximum atomic E-state index is 13.0. The van der Waals surface area contributed by atoms with Gasteiger partial charge in [-0.25, -0.2) is 18.0 Å². The molecule has 1 aromatic rings. The van der Waals surface area contributed by atoms with Crippen molar-refractivity contribution < 1.29 is 37.1 Å². The van der Waals surface area contributed by atoms with Crippen LogP contribution in [0.25, 0.3) is 0 Å². The van der Waals surface area contributed by atoms with E-state index in [4.69, 9.17) is 9.47 Å². The monoisotopic (exact) mass is 525 g/mol. The summed E-state index contributed by atoms with van der Waals surface area (Å²) in [6, 6.07) is 4.69. The molecule has 2 rings (SSSR count). The lowest BCUT2D eigenvalue weighted by Gasteiger charge is -2.29. The molecule has 0 spiro atoms. The van der Waals surface area contributed by atoms with Crippen LogP contribution in [-0.4, -0.2) is 79.0 Å². The molecule has 0 aliphatic carbocycles. The van der Waals surface area contributed by atoms with E-state index in [2.05, 4.69) is 10.6 Å². The number of rotatable bonds is 6. The predicted octanol–water partition coefficient (Wildman–Crippen LogP) is 2.12. The number of carbonyl (C=O) groups excluding carboxylic acids is 4. The average Bonchev–Trinajstić information content (AvgIpc) is 2.71. The molecule has 11 nitrogen and oxygen atoms in total. The molecule has 200 valence electrons. The molecule has 0 unspecified atom stereocenters. The van der Waals surface area contributed by atoms with Gasteiger partial charge in [0.1, 0.15) is 17.2 Å². The summed E-state index contributed by atoms with van der Waals surface area (Å²) in [5.74, 6) is -1.97. The van der Waals surface area contributed by atoms with Crippen molar-refractivity contribution in [1.29, 1.82) is 0 Å². The van der Waals surface area contributed by atoms with Gasteiger partial charge in [0, 0.05) is 18.8 Å². The zero-order chi connectivity index (χ0) is 27.3. The van der Waals surface area contributed by atoms with Crippen LogP contribution in [-0.2, 0) is 28.9 Å². The van der Waals surface area contributed by atoms with Crippen molar-refractivity contribution in [2.45, 2.75) is 65.2 Å². The molecule has 0 radical (unpaired) electrons. The highest BCUT2D eigenvalue weighted by Gasteiger charge is 2.31. The Hall–Kier alpha value is -3.15. The molecule has 36 heavy (non-hydrogen) atoms. The Morgan fingerprint density at radius 1 is 0.917 bits per heavy atom. The molecule has 1 heterocycles. The number of nitrogens with one attached hydrogen (secondary N) is 2. The fourth-order valence-corrected chi connectivity index (χ4v) is 4.38. The number of ether oxygens (including phenoxy) is 2. The van der Waals surface area contributed by atoms with Gasteiger partial charge in [0.15, 0.2) is 9.84 Å². The van der Waals surface area contributed by atoms with Gasteiger partial charge < -0.3 is 25.0 Å². The van der Waals surface area contributed by atoms with Crippen molar-refractivity contribution in [1.82, 2.24) is 10.2 Å². The second kappa shape index (κ2) is 11.3. The second-order valence-electron chi connectivity index (χ2n) is 10.5. The molecule has 1 atom stereocenters. The van der Waals surface area contributed by atoms with Crippen LogP contribution in [0.3, 0.4) is 0 Å². The fourth-order valence-electron chi connectivity index (χ4n) is 3.18. The Morgan fingerprint density at radius 3 is 1.94 bits per heavy atom. The van der Waals surface area contributed by atoms with Gasteiger partial charge in [0.05, 0.1) is 23.5 Å². The Kier molecular flexibility index (Phi) is 9.11. The highest BCUT2D eigenvalue weighted by molar-refractivity contribution is 7.91. The second-order valence-corrected chi connectivity index (χ2v) is 12.8. The van der Waals surface area contributed by atoms with Crippen LogP contribution in [0.5, 0.6) is 0 Å². The number of sulfone groups is 1. The summed E-state index contributed by atoms with van der Waals surface area (Å²) in [7, 11) is -3.19. The number of anilines is 1. The molecule has 12 heteroatoms. The SMILES string of the molecule is CC(C)(C)OC(=O)N[C@@H](CC(=O)N1CCS(=O)(=O)CC1)C(=O)Nc1ccc(C(=O)OC(C)(C)C)cc1. The van der Waals surface area contributed by atoms with Crippen LogP contribution in [0.1, 0.15) is 58.3 Å². The van der Waals surface area contributed by atoms with Crippen LogP contribution >= 0.6 is 0 Å². The van der Waals surface area contributed by atoms with E-state index in [0.717, 1.165) is 0 Å². The van der Waals surface area contributed by atoms with E-state index in [1.54, 1.807) is 41.5 Å². The summed E-state index contributed by atoms with van der Waals surface area (Å²) >= 11 is 0. The first-order valence-electron chi connectivity index (χ1n) is 11.6. The van der Waals surface area contributed by atoms with Gasteiger partial charge in [-0.15, -0.1) is 0 Å². The number of amides is 3. The first-order chi connectivity index (χ1) is 16.4. The number of alkyl carbamates (subject to hydrolysis) is 1. The van der Waals surface area contributed by atoms with E-state index in [9.17, 15) is 27.6 Å².